The Bertz CT molecular complexity index is 200. The van der Waals surface area contributed by atoms with E-state index in [9.17, 15) is 9.59 Å². The summed E-state index contributed by atoms with van der Waals surface area (Å²) < 4.78 is 0. The number of carbonyl (C=O) groups is 2. The molecule has 0 spiro atoms. The second kappa shape index (κ2) is 9.79. The van der Waals surface area contributed by atoms with Crippen molar-refractivity contribution in [3.05, 3.63) is 0 Å². The Labute approximate surface area is 94.5 Å². The average Bonchev–Trinajstić information content (AvgIpc) is 2.17. The van der Waals surface area contributed by atoms with Gasteiger partial charge in [0.1, 0.15) is 0 Å². The van der Waals surface area contributed by atoms with Crippen molar-refractivity contribution in [1.29, 1.82) is 0 Å². The normalized spacial score (nSPS) is 9.73. The van der Waals surface area contributed by atoms with Crippen molar-refractivity contribution >= 4 is 23.6 Å². The Hall–Kier alpha value is -0.750. The van der Waals surface area contributed by atoms with Gasteiger partial charge >= 0.3 is 0 Å². The van der Waals surface area contributed by atoms with Crippen LogP contribution in [0, 0.1) is 0 Å². The molecule has 0 heterocycles. The highest BCUT2D eigenvalue weighted by molar-refractivity contribution is 7.99. The van der Waals surface area contributed by atoms with Crippen LogP contribution in [0.25, 0.3) is 0 Å². The first-order chi connectivity index (χ1) is 7.16. The van der Waals surface area contributed by atoms with Gasteiger partial charge in [0.05, 0.1) is 5.75 Å². The minimum absolute atomic E-state index is 0.0243. The van der Waals surface area contributed by atoms with E-state index >= 15 is 0 Å². The second-order valence-electron chi connectivity index (χ2n) is 3.03. The summed E-state index contributed by atoms with van der Waals surface area (Å²) in [6, 6.07) is 0. The van der Waals surface area contributed by atoms with Crippen molar-refractivity contribution in [1.82, 2.24) is 10.6 Å². The number of hydrogen-bond acceptors (Lipinski definition) is 4. The number of hydrogen-bond donors (Lipinski definition) is 3. The van der Waals surface area contributed by atoms with Gasteiger partial charge in [-0.15, -0.1) is 0 Å². The minimum Gasteiger partial charge on any atom is -0.356 e. The predicted octanol–water partition coefficient (Wildman–Crippen LogP) is -0.679. The molecule has 0 bridgehead atoms. The van der Waals surface area contributed by atoms with E-state index in [0.29, 0.717) is 25.4 Å². The van der Waals surface area contributed by atoms with Gasteiger partial charge in [-0.3, -0.25) is 9.59 Å². The number of rotatable bonds is 8. The predicted molar refractivity (Wildman–Crippen MR) is 62.7 cm³/mol. The van der Waals surface area contributed by atoms with Gasteiger partial charge in [0.25, 0.3) is 0 Å². The largest absolute Gasteiger partial charge is 0.356 e. The van der Waals surface area contributed by atoms with Crippen LogP contribution in [-0.4, -0.2) is 43.0 Å². The lowest BCUT2D eigenvalue weighted by Crippen LogP contribution is -2.30. The van der Waals surface area contributed by atoms with Gasteiger partial charge in [0.15, 0.2) is 0 Å². The first-order valence-corrected chi connectivity index (χ1v) is 6.11. The molecule has 0 radical (unpaired) electrons. The minimum atomic E-state index is -0.0418. The van der Waals surface area contributed by atoms with Crippen LogP contribution in [0.5, 0.6) is 0 Å². The maximum Gasteiger partial charge on any atom is 0.229 e. The maximum absolute atomic E-state index is 11.2. The van der Waals surface area contributed by atoms with Crippen LogP contribution in [0.4, 0.5) is 0 Å². The summed E-state index contributed by atoms with van der Waals surface area (Å²) in [5, 5.41) is 5.42. The molecule has 88 valence electrons. The van der Waals surface area contributed by atoms with Crippen LogP contribution in [0.2, 0.25) is 0 Å². The van der Waals surface area contributed by atoms with Crippen LogP contribution in [-0.2, 0) is 9.59 Å². The van der Waals surface area contributed by atoms with Gasteiger partial charge < -0.3 is 16.4 Å². The van der Waals surface area contributed by atoms with Crippen LogP contribution < -0.4 is 16.4 Å². The van der Waals surface area contributed by atoms with E-state index < -0.39 is 0 Å². The quantitative estimate of drug-likeness (QED) is 0.485. The van der Waals surface area contributed by atoms with Crippen molar-refractivity contribution in [3.8, 4) is 0 Å². The van der Waals surface area contributed by atoms with Crippen molar-refractivity contribution in [2.75, 3.05) is 31.1 Å². The molecular formula is C9H19N3O2S. The van der Waals surface area contributed by atoms with Crippen LogP contribution in [0.3, 0.4) is 0 Å². The van der Waals surface area contributed by atoms with E-state index in [1.807, 2.05) is 0 Å². The Morgan fingerprint density at radius 2 is 1.93 bits per heavy atom. The van der Waals surface area contributed by atoms with Gasteiger partial charge in [0.2, 0.25) is 11.8 Å². The molecule has 0 aliphatic heterocycles. The number of nitrogens with one attached hydrogen (secondary N) is 2. The fourth-order valence-corrected chi connectivity index (χ4v) is 1.48. The van der Waals surface area contributed by atoms with E-state index in [0.717, 1.165) is 12.2 Å². The van der Waals surface area contributed by atoms with Gasteiger partial charge in [-0.05, 0) is 6.42 Å². The van der Waals surface area contributed by atoms with Crippen molar-refractivity contribution < 1.29 is 9.59 Å². The fraction of sp³-hybridized carbons (Fsp3) is 0.778. The van der Waals surface area contributed by atoms with E-state index in [4.69, 9.17) is 5.73 Å². The number of amides is 2. The van der Waals surface area contributed by atoms with E-state index in [1.54, 1.807) is 0 Å². The summed E-state index contributed by atoms with van der Waals surface area (Å²) in [5.74, 6) is 1.24. The highest BCUT2D eigenvalue weighted by Crippen LogP contribution is 1.96. The SMILES string of the molecule is CC(=O)NCCCNC(=O)CSCCN. The van der Waals surface area contributed by atoms with E-state index in [1.165, 1.54) is 18.7 Å². The first-order valence-electron chi connectivity index (χ1n) is 4.95. The molecular weight excluding hydrogens is 214 g/mol. The lowest BCUT2D eigenvalue weighted by molar-refractivity contribution is -0.119. The Balaban J connectivity index is 3.20. The molecule has 0 aliphatic carbocycles. The Kier molecular flexibility index (Phi) is 9.30. The van der Waals surface area contributed by atoms with Gasteiger partial charge in [0, 0.05) is 32.3 Å². The zero-order valence-corrected chi connectivity index (χ0v) is 9.86. The van der Waals surface area contributed by atoms with E-state index in [-0.39, 0.29) is 11.8 Å². The third-order valence-electron chi connectivity index (χ3n) is 1.55. The zero-order chi connectivity index (χ0) is 11.5. The molecule has 15 heavy (non-hydrogen) atoms. The number of carbonyl (C=O) groups excluding carboxylic acids is 2. The summed E-state index contributed by atoms with van der Waals surface area (Å²) in [6.45, 7) is 3.27. The number of thioether (sulfide) groups is 1. The second-order valence-corrected chi connectivity index (χ2v) is 4.13. The van der Waals surface area contributed by atoms with E-state index in [2.05, 4.69) is 10.6 Å². The maximum atomic E-state index is 11.2. The van der Waals surface area contributed by atoms with Crippen LogP contribution >= 0.6 is 11.8 Å². The Morgan fingerprint density at radius 1 is 1.27 bits per heavy atom. The summed E-state index contributed by atoms with van der Waals surface area (Å²) in [6.07, 6.45) is 0.757. The molecule has 0 saturated carbocycles. The molecule has 0 fully saturated rings. The monoisotopic (exact) mass is 233 g/mol. The smallest absolute Gasteiger partial charge is 0.229 e. The summed E-state index contributed by atoms with van der Waals surface area (Å²) >= 11 is 1.52. The standard InChI is InChI=1S/C9H19N3O2S/c1-8(13)11-4-2-5-12-9(14)7-15-6-3-10/h2-7,10H2,1H3,(H,11,13)(H,12,14). The molecule has 5 nitrogen and oxygen atoms in total. The fourth-order valence-electron chi connectivity index (χ4n) is 0.880. The topological polar surface area (TPSA) is 84.2 Å². The average molecular weight is 233 g/mol. The van der Waals surface area contributed by atoms with Crippen LogP contribution in [0.1, 0.15) is 13.3 Å². The third kappa shape index (κ3) is 11.2. The van der Waals surface area contributed by atoms with Crippen molar-refractivity contribution in [2.45, 2.75) is 13.3 Å². The highest BCUT2D eigenvalue weighted by Gasteiger charge is 1.99. The summed E-state index contributed by atoms with van der Waals surface area (Å²) in [5.41, 5.74) is 5.29. The van der Waals surface area contributed by atoms with Crippen molar-refractivity contribution in [2.24, 2.45) is 5.73 Å². The van der Waals surface area contributed by atoms with Gasteiger partial charge in [-0.2, -0.15) is 11.8 Å². The van der Waals surface area contributed by atoms with Crippen molar-refractivity contribution in [3.63, 3.8) is 0 Å². The molecule has 0 unspecified atom stereocenters. The lowest BCUT2D eigenvalue weighted by atomic mass is 10.4. The third-order valence-corrected chi connectivity index (χ3v) is 2.54. The molecule has 0 atom stereocenters. The first kappa shape index (κ1) is 14.2. The molecule has 0 saturated heterocycles. The molecule has 6 heteroatoms. The molecule has 2 amide bonds. The molecule has 0 aromatic rings. The van der Waals surface area contributed by atoms with Crippen LogP contribution in [0.15, 0.2) is 0 Å². The van der Waals surface area contributed by atoms with Gasteiger partial charge in [-0.1, -0.05) is 0 Å². The lowest BCUT2D eigenvalue weighted by Gasteiger charge is -2.05. The molecule has 0 rings (SSSR count). The summed E-state index contributed by atoms with van der Waals surface area (Å²) in [4.78, 5) is 21.7. The van der Waals surface area contributed by atoms with Gasteiger partial charge in [-0.25, -0.2) is 0 Å². The Morgan fingerprint density at radius 3 is 2.53 bits per heavy atom. The molecule has 4 N–H and O–H groups in total. The zero-order valence-electron chi connectivity index (χ0n) is 9.04. The molecule has 0 aliphatic rings. The number of nitrogens with two attached hydrogens (primary N) is 1. The molecule has 0 aromatic heterocycles. The summed E-state index contributed by atoms with van der Waals surface area (Å²) in [7, 11) is 0. The molecule has 0 aromatic carbocycles. The highest BCUT2D eigenvalue weighted by atomic mass is 32.2.